The number of carbonyl (C=O) groups excluding carboxylic acids is 1. The highest BCUT2D eigenvalue weighted by atomic mass is 127. The van der Waals surface area contributed by atoms with E-state index in [0.717, 1.165) is 36.8 Å². The van der Waals surface area contributed by atoms with Gasteiger partial charge in [0.05, 0.1) is 7.11 Å². The first kappa shape index (κ1) is 24.2. The molecule has 2 aromatic rings. The summed E-state index contributed by atoms with van der Waals surface area (Å²) in [5.74, 6) is 1.44. The van der Waals surface area contributed by atoms with E-state index in [1.165, 1.54) is 4.88 Å². The number of methoxy groups -OCH3 is 1. The average molecular weight is 516 g/mol. The molecule has 154 valence electrons. The van der Waals surface area contributed by atoms with Crippen molar-refractivity contribution < 1.29 is 9.53 Å². The van der Waals surface area contributed by atoms with Crippen LogP contribution in [0.4, 0.5) is 0 Å². The molecule has 8 heteroatoms. The van der Waals surface area contributed by atoms with Gasteiger partial charge in [0, 0.05) is 31.6 Å². The van der Waals surface area contributed by atoms with Crippen molar-refractivity contribution in [1.29, 1.82) is 0 Å². The molecule has 0 saturated carbocycles. The van der Waals surface area contributed by atoms with Crippen LogP contribution in [0, 0.1) is 0 Å². The number of nitrogens with zero attached hydrogens (tertiary/aromatic N) is 2. The van der Waals surface area contributed by atoms with Crippen LogP contribution in [0.25, 0.3) is 0 Å². The number of aliphatic imine (C=N–C) groups is 1. The Bertz CT molecular complexity index is 720. The van der Waals surface area contributed by atoms with Gasteiger partial charge in [0.1, 0.15) is 12.3 Å². The van der Waals surface area contributed by atoms with Crippen molar-refractivity contribution in [3.05, 3.63) is 52.2 Å². The molecule has 28 heavy (non-hydrogen) atoms. The Labute approximate surface area is 188 Å². The molecule has 0 fully saturated rings. The number of carbonyl (C=O) groups is 1. The van der Waals surface area contributed by atoms with Crippen LogP contribution in [0.2, 0.25) is 0 Å². The predicted octanol–water partition coefficient (Wildman–Crippen LogP) is 3.13. The summed E-state index contributed by atoms with van der Waals surface area (Å²) in [7, 11) is 3.62. The molecule has 0 atom stereocenters. The molecule has 6 nitrogen and oxygen atoms in total. The van der Waals surface area contributed by atoms with Gasteiger partial charge in [0.25, 0.3) is 0 Å². The molecule has 0 unspecified atom stereocenters. The zero-order valence-corrected chi connectivity index (χ0v) is 19.8. The second-order valence-electron chi connectivity index (χ2n) is 6.05. The van der Waals surface area contributed by atoms with Crippen LogP contribution in [0.5, 0.6) is 5.75 Å². The summed E-state index contributed by atoms with van der Waals surface area (Å²) in [6, 6.07) is 11.8. The normalized spacial score (nSPS) is 10.8. The smallest absolute Gasteiger partial charge is 0.242 e. The molecule has 0 bridgehead atoms. The number of halogens is 1. The van der Waals surface area contributed by atoms with E-state index in [0.29, 0.717) is 6.54 Å². The average Bonchev–Trinajstić information content (AvgIpc) is 3.21. The van der Waals surface area contributed by atoms with Gasteiger partial charge in [0.2, 0.25) is 5.91 Å². The number of likely N-dealkylation sites (N-methyl/N-ethyl adjacent to an activating group) is 1. The second kappa shape index (κ2) is 13.4. The van der Waals surface area contributed by atoms with Gasteiger partial charge in [-0.2, -0.15) is 0 Å². The highest BCUT2D eigenvalue weighted by molar-refractivity contribution is 14.0. The number of hydrogen-bond donors (Lipinski definition) is 2. The highest BCUT2D eigenvalue weighted by Crippen LogP contribution is 2.11. The van der Waals surface area contributed by atoms with Gasteiger partial charge in [-0.3, -0.25) is 4.79 Å². The predicted molar refractivity (Wildman–Crippen MR) is 127 cm³/mol. The lowest BCUT2D eigenvalue weighted by Gasteiger charge is -2.21. The summed E-state index contributed by atoms with van der Waals surface area (Å²) in [5, 5.41) is 8.22. The lowest BCUT2D eigenvalue weighted by Crippen LogP contribution is -2.40. The molecular formula is C20H29IN4O2S. The number of amides is 1. The van der Waals surface area contributed by atoms with Gasteiger partial charge < -0.3 is 20.3 Å². The molecule has 0 saturated heterocycles. The Morgan fingerprint density at radius 3 is 2.57 bits per heavy atom. The Balaban J connectivity index is 0.00000392. The molecule has 1 aromatic carbocycles. The lowest BCUT2D eigenvalue weighted by molar-refractivity contribution is -0.119. The molecule has 1 heterocycles. The molecule has 1 amide bonds. The molecule has 2 N–H and O–H groups in total. The SMILES string of the molecule is CCNC(=NCC(=O)NCc1ccc(OC)cc1)N(C)CCc1cccs1.I. The van der Waals surface area contributed by atoms with Crippen LogP contribution in [-0.2, 0) is 17.8 Å². The number of ether oxygens (including phenoxy) is 1. The molecule has 0 aliphatic carbocycles. The molecule has 0 radical (unpaired) electrons. The van der Waals surface area contributed by atoms with E-state index in [1.807, 2.05) is 38.2 Å². The summed E-state index contributed by atoms with van der Waals surface area (Å²) in [4.78, 5) is 20.0. The summed E-state index contributed by atoms with van der Waals surface area (Å²) < 4.78 is 5.13. The van der Waals surface area contributed by atoms with Crippen molar-refractivity contribution >= 4 is 47.2 Å². The molecule has 1 aromatic heterocycles. The first-order valence-corrected chi connectivity index (χ1v) is 9.91. The van der Waals surface area contributed by atoms with E-state index in [-0.39, 0.29) is 36.4 Å². The molecule has 0 aliphatic heterocycles. The number of benzene rings is 1. The lowest BCUT2D eigenvalue weighted by atomic mass is 10.2. The first-order valence-electron chi connectivity index (χ1n) is 9.03. The Kier molecular flexibility index (Phi) is 11.6. The van der Waals surface area contributed by atoms with E-state index in [9.17, 15) is 4.79 Å². The minimum Gasteiger partial charge on any atom is -0.497 e. The number of thiophene rings is 1. The molecule has 2 rings (SSSR count). The van der Waals surface area contributed by atoms with Crippen LogP contribution < -0.4 is 15.4 Å². The Hall–Kier alpha value is -1.81. The van der Waals surface area contributed by atoms with Gasteiger partial charge in [-0.1, -0.05) is 18.2 Å². The third-order valence-electron chi connectivity index (χ3n) is 3.99. The number of guanidine groups is 1. The highest BCUT2D eigenvalue weighted by Gasteiger charge is 2.08. The molecular weight excluding hydrogens is 487 g/mol. The van der Waals surface area contributed by atoms with Crippen LogP contribution in [0.15, 0.2) is 46.8 Å². The van der Waals surface area contributed by atoms with Crippen molar-refractivity contribution in [2.45, 2.75) is 19.9 Å². The fourth-order valence-electron chi connectivity index (χ4n) is 2.45. The van der Waals surface area contributed by atoms with Gasteiger partial charge in [0.15, 0.2) is 5.96 Å². The first-order chi connectivity index (χ1) is 13.1. The summed E-state index contributed by atoms with van der Waals surface area (Å²) >= 11 is 1.76. The van der Waals surface area contributed by atoms with Gasteiger partial charge in [-0.15, -0.1) is 35.3 Å². The minimum absolute atomic E-state index is 0. The summed E-state index contributed by atoms with van der Waals surface area (Å²) in [6.07, 6.45) is 0.961. The quantitative estimate of drug-likeness (QED) is 0.306. The van der Waals surface area contributed by atoms with E-state index < -0.39 is 0 Å². The van der Waals surface area contributed by atoms with E-state index in [4.69, 9.17) is 4.74 Å². The Morgan fingerprint density at radius 1 is 1.21 bits per heavy atom. The zero-order valence-electron chi connectivity index (χ0n) is 16.6. The van der Waals surface area contributed by atoms with Crippen molar-refractivity contribution in [3.8, 4) is 5.75 Å². The maximum absolute atomic E-state index is 12.1. The zero-order chi connectivity index (χ0) is 19.5. The monoisotopic (exact) mass is 516 g/mol. The molecule has 0 spiro atoms. The van der Waals surface area contributed by atoms with Gasteiger partial charge >= 0.3 is 0 Å². The minimum atomic E-state index is -0.104. The van der Waals surface area contributed by atoms with Crippen LogP contribution in [-0.4, -0.2) is 50.6 Å². The topological polar surface area (TPSA) is 66.0 Å². The van der Waals surface area contributed by atoms with E-state index in [2.05, 4.69) is 38.0 Å². The van der Waals surface area contributed by atoms with Gasteiger partial charge in [-0.25, -0.2) is 4.99 Å². The summed E-state index contributed by atoms with van der Waals surface area (Å²) in [6.45, 7) is 4.20. The third kappa shape index (κ3) is 8.47. The summed E-state index contributed by atoms with van der Waals surface area (Å²) in [5.41, 5.74) is 1.02. The van der Waals surface area contributed by atoms with E-state index in [1.54, 1.807) is 18.4 Å². The van der Waals surface area contributed by atoms with Crippen molar-refractivity contribution in [2.24, 2.45) is 4.99 Å². The standard InChI is InChI=1S/C20H28N4O2S.HI/c1-4-21-20(24(2)12-11-18-6-5-13-27-18)23-15-19(25)22-14-16-7-9-17(26-3)10-8-16;/h5-10,13H,4,11-12,14-15H2,1-3H3,(H,21,23)(H,22,25);1H. The van der Waals surface area contributed by atoms with Gasteiger partial charge in [-0.05, 0) is 42.5 Å². The van der Waals surface area contributed by atoms with Crippen molar-refractivity contribution in [1.82, 2.24) is 15.5 Å². The van der Waals surface area contributed by atoms with Crippen LogP contribution in [0.3, 0.4) is 0 Å². The second-order valence-corrected chi connectivity index (χ2v) is 7.08. The maximum Gasteiger partial charge on any atom is 0.242 e. The van der Waals surface area contributed by atoms with Crippen LogP contribution in [0.1, 0.15) is 17.4 Å². The fraction of sp³-hybridized carbons (Fsp3) is 0.400. The van der Waals surface area contributed by atoms with Crippen molar-refractivity contribution in [2.75, 3.05) is 33.8 Å². The van der Waals surface area contributed by atoms with Crippen LogP contribution >= 0.6 is 35.3 Å². The van der Waals surface area contributed by atoms with Crippen molar-refractivity contribution in [3.63, 3.8) is 0 Å². The molecule has 0 aliphatic rings. The Morgan fingerprint density at radius 2 is 1.96 bits per heavy atom. The number of nitrogens with one attached hydrogen (secondary N) is 2. The fourth-order valence-corrected chi connectivity index (χ4v) is 3.15. The maximum atomic E-state index is 12.1. The number of rotatable bonds is 9. The largest absolute Gasteiger partial charge is 0.497 e. The third-order valence-corrected chi connectivity index (χ3v) is 4.93. The number of hydrogen-bond acceptors (Lipinski definition) is 4. The van der Waals surface area contributed by atoms with E-state index >= 15 is 0 Å².